The van der Waals surface area contributed by atoms with E-state index in [0.29, 0.717) is 16.5 Å². The number of nitrogens with zero attached hydrogens (tertiary/aromatic N) is 1. The first-order chi connectivity index (χ1) is 13.4. The number of hydrogen-bond acceptors (Lipinski definition) is 4. The van der Waals surface area contributed by atoms with Gasteiger partial charge in [-0.3, -0.25) is 4.79 Å². The maximum absolute atomic E-state index is 11.7. The summed E-state index contributed by atoms with van der Waals surface area (Å²) in [5, 5.41) is 9.60. The van der Waals surface area contributed by atoms with Gasteiger partial charge in [0.25, 0.3) is 0 Å². The number of allylic oxidation sites excluding steroid dienone is 3. The number of amides is 1. The van der Waals surface area contributed by atoms with Crippen LogP contribution in [0, 0.1) is 5.92 Å². The van der Waals surface area contributed by atoms with Crippen LogP contribution < -0.4 is 5.73 Å². The van der Waals surface area contributed by atoms with Gasteiger partial charge in [0.15, 0.2) is 6.61 Å². The minimum Gasteiger partial charge on any atom is -0.480 e. The number of ether oxygens (including phenoxy) is 1. The van der Waals surface area contributed by atoms with Crippen LogP contribution in [0.15, 0.2) is 65.3 Å². The molecular formula is C21H21ClN2O4. The summed E-state index contributed by atoms with van der Waals surface area (Å²) in [6.07, 6.45) is 8.18. The Hall–Kier alpha value is -2.99. The van der Waals surface area contributed by atoms with Crippen molar-refractivity contribution in [3.05, 3.63) is 75.9 Å². The Bertz CT molecular complexity index is 930. The molecule has 2 heterocycles. The normalized spacial score (nSPS) is 19.6. The van der Waals surface area contributed by atoms with Crippen LogP contribution >= 0.6 is 11.6 Å². The maximum Gasteiger partial charge on any atom is 0.341 e. The van der Waals surface area contributed by atoms with E-state index in [1.54, 1.807) is 18.2 Å². The highest BCUT2D eigenvalue weighted by Gasteiger charge is 2.38. The number of aliphatic carboxylic acids is 1. The van der Waals surface area contributed by atoms with Gasteiger partial charge in [-0.2, -0.15) is 0 Å². The zero-order valence-electron chi connectivity index (χ0n) is 15.4. The van der Waals surface area contributed by atoms with E-state index in [-0.39, 0.29) is 12.3 Å². The number of fused-ring (bicyclic) bond motifs is 1. The third-order valence-electron chi connectivity index (χ3n) is 4.60. The van der Waals surface area contributed by atoms with Crippen LogP contribution in [-0.2, 0) is 14.3 Å². The molecule has 0 fully saturated rings. The van der Waals surface area contributed by atoms with Crippen LogP contribution in [0.5, 0.6) is 0 Å². The molecule has 3 N–H and O–H groups in total. The number of nitrogens with two attached hydrogens (primary N) is 1. The molecule has 28 heavy (non-hydrogen) atoms. The predicted octanol–water partition coefficient (Wildman–Crippen LogP) is 3.66. The fourth-order valence-electron chi connectivity index (χ4n) is 3.57. The molecule has 0 saturated heterocycles. The molecule has 2 aliphatic rings. The van der Waals surface area contributed by atoms with Crippen molar-refractivity contribution in [2.75, 3.05) is 6.61 Å². The molecule has 3 rings (SSSR count). The molecule has 2 aliphatic heterocycles. The quantitative estimate of drug-likeness (QED) is 0.728. The van der Waals surface area contributed by atoms with E-state index in [9.17, 15) is 9.59 Å². The van der Waals surface area contributed by atoms with Crippen molar-refractivity contribution in [1.82, 2.24) is 4.90 Å². The van der Waals surface area contributed by atoms with Gasteiger partial charge in [0, 0.05) is 22.8 Å². The molecular weight excluding hydrogens is 380 g/mol. The van der Waals surface area contributed by atoms with Crippen molar-refractivity contribution in [1.29, 1.82) is 0 Å². The average Bonchev–Trinajstić information content (AvgIpc) is 2.92. The molecule has 6 nitrogen and oxygen atoms in total. The summed E-state index contributed by atoms with van der Waals surface area (Å²) >= 11 is 6.12. The van der Waals surface area contributed by atoms with E-state index >= 15 is 0 Å². The van der Waals surface area contributed by atoms with Crippen LogP contribution in [0.25, 0.3) is 6.08 Å². The van der Waals surface area contributed by atoms with Gasteiger partial charge in [0.2, 0.25) is 5.91 Å². The van der Waals surface area contributed by atoms with E-state index in [1.807, 2.05) is 42.3 Å². The summed E-state index contributed by atoms with van der Waals surface area (Å²) < 4.78 is 5.49. The fourth-order valence-corrected chi connectivity index (χ4v) is 3.77. The van der Waals surface area contributed by atoms with Gasteiger partial charge in [-0.05, 0) is 47.9 Å². The molecule has 1 atom stereocenters. The monoisotopic (exact) mass is 400 g/mol. The number of carbonyl (C=O) groups excluding carboxylic acids is 1. The molecule has 1 aromatic carbocycles. The zero-order chi connectivity index (χ0) is 20.3. The van der Waals surface area contributed by atoms with Crippen LogP contribution in [0.2, 0.25) is 5.02 Å². The van der Waals surface area contributed by atoms with Crippen LogP contribution in [0.1, 0.15) is 25.3 Å². The second-order valence-electron chi connectivity index (χ2n) is 6.53. The first-order valence-electron chi connectivity index (χ1n) is 8.92. The van der Waals surface area contributed by atoms with Crippen molar-refractivity contribution in [3.63, 3.8) is 0 Å². The van der Waals surface area contributed by atoms with E-state index in [2.05, 4.69) is 0 Å². The summed E-state index contributed by atoms with van der Waals surface area (Å²) in [7, 11) is 0. The van der Waals surface area contributed by atoms with Crippen molar-refractivity contribution in [2.45, 2.75) is 19.8 Å². The standard InChI is InChI=1S/C21H21ClN2O4/c1-2-15-16(11-19(23)25)21-18(28-12-20(26)27)7-4-8-24(21)17(15)10-13-5-3-6-14(22)9-13/h3-10,15H,2,11-12H2,1H3,(H2,23,25)(H,26,27)/b17-10-. The molecule has 1 aromatic rings. The minimum absolute atomic E-state index is 0.0546. The predicted molar refractivity (Wildman–Crippen MR) is 107 cm³/mol. The SMILES string of the molecule is CCC1C(CC(N)=O)=C2C(OCC(=O)O)=CC=CN2/C1=C\c1cccc(Cl)c1. The zero-order valence-corrected chi connectivity index (χ0v) is 16.1. The lowest BCUT2D eigenvalue weighted by atomic mass is 9.91. The smallest absolute Gasteiger partial charge is 0.341 e. The van der Waals surface area contributed by atoms with Gasteiger partial charge in [0.05, 0.1) is 12.1 Å². The summed E-state index contributed by atoms with van der Waals surface area (Å²) in [5.41, 5.74) is 8.88. The molecule has 0 bridgehead atoms. The third-order valence-corrected chi connectivity index (χ3v) is 4.84. The number of hydrogen-bond donors (Lipinski definition) is 2. The number of benzene rings is 1. The lowest BCUT2D eigenvalue weighted by molar-refractivity contribution is -0.140. The second-order valence-corrected chi connectivity index (χ2v) is 6.96. The molecule has 1 amide bonds. The number of carboxylic acid groups (broad SMARTS) is 1. The Morgan fingerprint density at radius 1 is 1.39 bits per heavy atom. The first kappa shape index (κ1) is 19.8. The Morgan fingerprint density at radius 3 is 2.82 bits per heavy atom. The largest absolute Gasteiger partial charge is 0.480 e. The number of rotatable bonds is 7. The summed E-state index contributed by atoms with van der Waals surface area (Å²) in [4.78, 5) is 24.6. The van der Waals surface area contributed by atoms with Gasteiger partial charge in [0.1, 0.15) is 5.76 Å². The Labute approximate surface area is 168 Å². The summed E-state index contributed by atoms with van der Waals surface area (Å²) in [6, 6.07) is 7.48. The molecule has 146 valence electrons. The average molecular weight is 401 g/mol. The van der Waals surface area contributed by atoms with Gasteiger partial charge in [-0.1, -0.05) is 30.7 Å². The number of carboxylic acids is 1. The van der Waals surface area contributed by atoms with Crippen molar-refractivity contribution >= 4 is 29.6 Å². The first-order valence-corrected chi connectivity index (χ1v) is 9.29. The minimum atomic E-state index is -1.07. The Morgan fingerprint density at radius 2 is 2.18 bits per heavy atom. The van der Waals surface area contributed by atoms with Crippen LogP contribution in [0.3, 0.4) is 0 Å². The molecule has 0 aliphatic carbocycles. The maximum atomic E-state index is 11.7. The van der Waals surface area contributed by atoms with Crippen LogP contribution in [-0.4, -0.2) is 28.5 Å². The molecule has 1 unspecified atom stereocenters. The highest BCUT2D eigenvalue weighted by molar-refractivity contribution is 6.30. The number of carbonyl (C=O) groups is 2. The lowest BCUT2D eigenvalue weighted by Crippen LogP contribution is -2.19. The van der Waals surface area contributed by atoms with E-state index in [0.717, 1.165) is 23.3 Å². The van der Waals surface area contributed by atoms with Crippen molar-refractivity contribution in [2.24, 2.45) is 11.7 Å². The number of halogens is 1. The summed E-state index contributed by atoms with van der Waals surface area (Å²) in [5.74, 6) is -1.16. The van der Waals surface area contributed by atoms with Crippen LogP contribution in [0.4, 0.5) is 0 Å². The van der Waals surface area contributed by atoms with E-state index < -0.39 is 18.5 Å². The van der Waals surface area contributed by atoms with Crippen molar-refractivity contribution < 1.29 is 19.4 Å². The summed E-state index contributed by atoms with van der Waals surface area (Å²) in [6.45, 7) is 1.56. The third kappa shape index (κ3) is 4.12. The topological polar surface area (TPSA) is 92.9 Å². The van der Waals surface area contributed by atoms with Gasteiger partial charge < -0.3 is 20.5 Å². The van der Waals surface area contributed by atoms with Gasteiger partial charge >= 0.3 is 5.97 Å². The molecule has 0 aromatic heterocycles. The van der Waals surface area contributed by atoms with E-state index in [4.69, 9.17) is 27.2 Å². The molecule has 0 radical (unpaired) electrons. The lowest BCUT2D eigenvalue weighted by Gasteiger charge is -2.25. The fraction of sp³-hybridized carbons (Fsp3) is 0.238. The van der Waals surface area contributed by atoms with Gasteiger partial charge in [-0.15, -0.1) is 0 Å². The highest BCUT2D eigenvalue weighted by atomic mass is 35.5. The Kier molecular flexibility index (Phi) is 5.90. The van der Waals surface area contributed by atoms with E-state index in [1.165, 1.54) is 0 Å². The Balaban J connectivity index is 2.07. The van der Waals surface area contributed by atoms with Crippen molar-refractivity contribution in [3.8, 4) is 0 Å². The second kappa shape index (κ2) is 8.35. The molecule has 7 heteroatoms. The molecule has 0 saturated carbocycles. The van der Waals surface area contributed by atoms with Gasteiger partial charge in [-0.25, -0.2) is 4.79 Å². The number of primary amides is 1. The highest BCUT2D eigenvalue weighted by Crippen LogP contribution is 2.46. The molecule has 0 spiro atoms.